The van der Waals surface area contributed by atoms with Crippen LogP contribution in [-0.2, 0) is 4.79 Å². The number of hydrogen-bond donors (Lipinski definition) is 3. The zero-order valence-electron chi connectivity index (χ0n) is 18.5. The summed E-state index contributed by atoms with van der Waals surface area (Å²) in [6.07, 6.45) is 8.28. The van der Waals surface area contributed by atoms with E-state index in [1.165, 1.54) is 4.90 Å². The maximum atomic E-state index is 12.6. The monoisotopic (exact) mass is 457 g/mol. The van der Waals surface area contributed by atoms with E-state index in [0.29, 0.717) is 35.7 Å². The Bertz CT molecular complexity index is 1300. The molecular formula is C24H23N7O3. The first-order chi connectivity index (χ1) is 16.3. The summed E-state index contributed by atoms with van der Waals surface area (Å²) < 4.78 is 1.12. The van der Waals surface area contributed by atoms with Gasteiger partial charge in [-0.2, -0.15) is 0 Å². The molecule has 2 aromatic heterocycles. The van der Waals surface area contributed by atoms with Gasteiger partial charge in [0.25, 0.3) is 17.7 Å². The molecule has 1 fully saturated rings. The van der Waals surface area contributed by atoms with Crippen molar-refractivity contribution in [3.63, 3.8) is 0 Å². The van der Waals surface area contributed by atoms with E-state index in [1.807, 2.05) is 13.0 Å². The van der Waals surface area contributed by atoms with Crippen molar-refractivity contribution in [1.82, 2.24) is 19.5 Å². The Morgan fingerprint density at radius 2 is 1.91 bits per heavy atom. The molecule has 1 atom stereocenters. The molecule has 4 rings (SSSR count). The molecule has 3 aromatic rings. The lowest BCUT2D eigenvalue weighted by Crippen LogP contribution is -2.33. The molecule has 5 N–H and O–H groups in total. The number of hydrogen-bond acceptors (Lipinski definition) is 6. The number of likely N-dealkylation sites (tertiary alicyclic amines) is 1. The van der Waals surface area contributed by atoms with Crippen LogP contribution in [0.5, 0.6) is 0 Å². The molecule has 0 bridgehead atoms. The molecule has 0 aliphatic carbocycles. The highest BCUT2D eigenvalue weighted by atomic mass is 16.2. The molecule has 0 spiro atoms. The van der Waals surface area contributed by atoms with Gasteiger partial charge in [0.15, 0.2) is 11.5 Å². The third kappa shape index (κ3) is 4.19. The quantitative estimate of drug-likeness (QED) is 0.391. The van der Waals surface area contributed by atoms with Crippen molar-refractivity contribution in [2.75, 3.05) is 17.7 Å². The lowest BCUT2D eigenvalue weighted by atomic mass is 10.1. The molecule has 10 nitrogen and oxygen atoms in total. The van der Waals surface area contributed by atoms with Gasteiger partial charge in [-0.05, 0) is 49.4 Å². The second-order valence-corrected chi connectivity index (χ2v) is 7.95. The van der Waals surface area contributed by atoms with E-state index >= 15 is 0 Å². The third-order valence-corrected chi connectivity index (χ3v) is 5.68. The summed E-state index contributed by atoms with van der Waals surface area (Å²) in [5, 5.41) is 2.73. The van der Waals surface area contributed by atoms with Gasteiger partial charge in [-0.3, -0.25) is 14.4 Å². The average molecular weight is 457 g/mol. The molecule has 3 amide bonds. The van der Waals surface area contributed by atoms with E-state index in [1.54, 1.807) is 36.5 Å². The van der Waals surface area contributed by atoms with Gasteiger partial charge in [0.1, 0.15) is 11.5 Å². The number of nitrogens with zero attached hydrogens (tertiary/aromatic N) is 4. The van der Waals surface area contributed by atoms with Crippen molar-refractivity contribution in [3.8, 4) is 23.6 Å². The number of aromatic nitrogens is 3. The van der Waals surface area contributed by atoms with Gasteiger partial charge in [0.2, 0.25) is 0 Å². The van der Waals surface area contributed by atoms with Crippen LogP contribution in [0, 0.1) is 19.3 Å². The second kappa shape index (κ2) is 9.07. The zero-order chi connectivity index (χ0) is 24.4. The summed E-state index contributed by atoms with van der Waals surface area (Å²) in [5.41, 5.74) is 7.76. The molecular weight excluding hydrogens is 434 g/mol. The van der Waals surface area contributed by atoms with Gasteiger partial charge in [-0.15, -0.1) is 6.42 Å². The number of amides is 3. The molecule has 10 heteroatoms. The normalized spacial score (nSPS) is 15.1. The number of aryl methyl sites for hydroxylation is 1. The first kappa shape index (κ1) is 22.5. The van der Waals surface area contributed by atoms with Crippen molar-refractivity contribution in [1.29, 1.82) is 0 Å². The molecule has 1 unspecified atom stereocenters. The van der Waals surface area contributed by atoms with E-state index in [2.05, 4.69) is 21.2 Å². The SMILES string of the molecule is C#CC(=O)N1CCCC1c1nc(-c2ccc(C(=O)Nc3ccc(C)cn3)cc2)c(C(N)=O)n1N. The van der Waals surface area contributed by atoms with Crippen LogP contribution in [0.3, 0.4) is 0 Å². The number of rotatable bonds is 5. The lowest BCUT2D eigenvalue weighted by molar-refractivity contribution is -0.126. The Labute approximate surface area is 195 Å². The van der Waals surface area contributed by atoms with E-state index < -0.39 is 17.9 Å². The van der Waals surface area contributed by atoms with E-state index in [0.717, 1.165) is 16.7 Å². The number of benzene rings is 1. The third-order valence-electron chi connectivity index (χ3n) is 5.68. The topological polar surface area (TPSA) is 149 Å². The Morgan fingerprint density at radius 3 is 2.53 bits per heavy atom. The zero-order valence-corrected chi connectivity index (χ0v) is 18.5. The molecule has 1 aliphatic heterocycles. The number of pyridine rings is 1. The maximum absolute atomic E-state index is 12.6. The predicted octanol–water partition coefficient (Wildman–Crippen LogP) is 1.62. The van der Waals surface area contributed by atoms with Crippen molar-refractivity contribution < 1.29 is 14.4 Å². The Morgan fingerprint density at radius 1 is 1.18 bits per heavy atom. The first-order valence-electron chi connectivity index (χ1n) is 10.6. The van der Waals surface area contributed by atoms with Crippen LogP contribution < -0.4 is 16.9 Å². The predicted molar refractivity (Wildman–Crippen MR) is 126 cm³/mol. The summed E-state index contributed by atoms with van der Waals surface area (Å²) in [7, 11) is 0. The molecule has 0 saturated carbocycles. The minimum atomic E-state index is -0.767. The number of imidazole rings is 1. The fraction of sp³-hybridized carbons (Fsp3) is 0.208. The minimum Gasteiger partial charge on any atom is -0.364 e. The fourth-order valence-electron chi connectivity index (χ4n) is 3.99. The minimum absolute atomic E-state index is 0.00364. The summed E-state index contributed by atoms with van der Waals surface area (Å²) in [4.78, 5) is 47.1. The average Bonchev–Trinajstić information content (AvgIpc) is 3.44. The number of anilines is 1. The lowest BCUT2D eigenvalue weighted by Gasteiger charge is -2.21. The van der Waals surface area contributed by atoms with Crippen molar-refractivity contribution in [2.45, 2.75) is 25.8 Å². The summed E-state index contributed by atoms with van der Waals surface area (Å²) in [6.45, 7) is 2.38. The van der Waals surface area contributed by atoms with Crippen molar-refractivity contribution in [2.24, 2.45) is 5.73 Å². The number of nitrogen functional groups attached to an aromatic ring is 1. The first-order valence-corrected chi connectivity index (χ1v) is 10.6. The van der Waals surface area contributed by atoms with Gasteiger partial charge < -0.3 is 21.8 Å². The van der Waals surface area contributed by atoms with Crippen LogP contribution in [0.4, 0.5) is 5.82 Å². The number of terminal acetylenes is 1. The highest BCUT2D eigenvalue weighted by Crippen LogP contribution is 2.34. The Balaban J connectivity index is 1.64. The van der Waals surface area contributed by atoms with Gasteiger partial charge in [0, 0.05) is 23.9 Å². The van der Waals surface area contributed by atoms with Crippen LogP contribution >= 0.6 is 0 Å². The maximum Gasteiger partial charge on any atom is 0.298 e. The number of nitrogens with one attached hydrogen (secondary N) is 1. The second-order valence-electron chi connectivity index (χ2n) is 7.95. The van der Waals surface area contributed by atoms with E-state index in [-0.39, 0.29) is 17.3 Å². The van der Waals surface area contributed by atoms with Crippen molar-refractivity contribution in [3.05, 3.63) is 65.2 Å². The highest BCUT2D eigenvalue weighted by Gasteiger charge is 2.35. The van der Waals surface area contributed by atoms with E-state index in [4.69, 9.17) is 18.0 Å². The Hall–Kier alpha value is -4.65. The van der Waals surface area contributed by atoms with Gasteiger partial charge in [-0.1, -0.05) is 18.2 Å². The number of nitrogens with two attached hydrogens (primary N) is 2. The van der Waals surface area contributed by atoms with Crippen LogP contribution in [0.1, 0.15) is 51.1 Å². The van der Waals surface area contributed by atoms with Crippen LogP contribution in [0.25, 0.3) is 11.3 Å². The molecule has 3 heterocycles. The molecule has 1 aliphatic rings. The molecule has 0 radical (unpaired) electrons. The largest absolute Gasteiger partial charge is 0.364 e. The summed E-state index contributed by atoms with van der Waals surface area (Å²) >= 11 is 0. The van der Waals surface area contributed by atoms with Crippen molar-refractivity contribution >= 4 is 23.5 Å². The molecule has 1 saturated heterocycles. The fourth-order valence-corrected chi connectivity index (χ4v) is 3.99. The number of carbonyl (C=O) groups is 3. The Kier molecular flexibility index (Phi) is 6.01. The van der Waals surface area contributed by atoms with Gasteiger partial charge in [-0.25, -0.2) is 14.6 Å². The smallest absolute Gasteiger partial charge is 0.298 e. The summed E-state index contributed by atoms with van der Waals surface area (Å²) in [5.74, 6) is 7.49. The summed E-state index contributed by atoms with van der Waals surface area (Å²) in [6, 6.07) is 9.59. The van der Waals surface area contributed by atoms with Crippen LogP contribution in [0.2, 0.25) is 0 Å². The molecule has 34 heavy (non-hydrogen) atoms. The van der Waals surface area contributed by atoms with E-state index in [9.17, 15) is 14.4 Å². The number of primary amides is 1. The van der Waals surface area contributed by atoms with Gasteiger partial charge >= 0.3 is 0 Å². The van der Waals surface area contributed by atoms with Crippen LogP contribution in [0.15, 0.2) is 42.6 Å². The van der Waals surface area contributed by atoms with Crippen LogP contribution in [-0.4, -0.2) is 43.8 Å². The standard InChI is InChI=1S/C24H23N7O3/c1-3-19(32)30-12-4-5-17(30)23-29-20(21(22(25)33)31(23)26)15-7-9-16(10-8-15)24(34)28-18-11-6-14(2)13-27-18/h1,6-11,13,17H,4-5,12,26H2,2H3,(H2,25,33)(H,27,28,34). The molecule has 172 valence electrons. The highest BCUT2D eigenvalue weighted by molar-refractivity contribution is 6.04. The number of carbonyl (C=O) groups excluding carboxylic acids is 3. The molecule has 1 aromatic carbocycles. The van der Waals surface area contributed by atoms with Gasteiger partial charge in [0.05, 0.1) is 6.04 Å².